The summed E-state index contributed by atoms with van der Waals surface area (Å²) in [5.74, 6) is 0. The molecule has 0 aliphatic rings. The Morgan fingerprint density at radius 3 is 1.42 bits per heavy atom. The van der Waals surface area contributed by atoms with Gasteiger partial charge in [0.15, 0.2) is 0 Å². The Kier molecular flexibility index (Phi) is 6.11. The summed E-state index contributed by atoms with van der Waals surface area (Å²) in [5.41, 5.74) is 0.775. The SMILES string of the molecule is CCCC(C)(CC)c1ccc(C(C)(CC)CCC)s1. The first-order chi connectivity index (χ1) is 8.95. The van der Waals surface area contributed by atoms with Gasteiger partial charge in [0.25, 0.3) is 0 Å². The highest BCUT2D eigenvalue weighted by atomic mass is 32.1. The number of thiophene rings is 1. The Morgan fingerprint density at radius 1 is 0.789 bits per heavy atom. The normalized spacial score (nSPS) is 18.0. The highest BCUT2D eigenvalue weighted by molar-refractivity contribution is 7.12. The van der Waals surface area contributed by atoms with E-state index in [1.165, 1.54) is 38.5 Å². The molecule has 0 aliphatic carbocycles. The molecular weight excluding hydrogens is 248 g/mol. The van der Waals surface area contributed by atoms with E-state index in [0.717, 1.165) is 0 Å². The van der Waals surface area contributed by atoms with E-state index < -0.39 is 0 Å². The van der Waals surface area contributed by atoms with Crippen LogP contribution in [0.4, 0.5) is 0 Å². The smallest absolute Gasteiger partial charge is 0.0107 e. The first-order valence-electron chi connectivity index (χ1n) is 8.06. The molecule has 0 aliphatic heterocycles. The van der Waals surface area contributed by atoms with E-state index in [2.05, 4.69) is 65.0 Å². The van der Waals surface area contributed by atoms with Crippen molar-refractivity contribution in [2.75, 3.05) is 0 Å². The Hall–Kier alpha value is -0.300. The van der Waals surface area contributed by atoms with Crippen LogP contribution < -0.4 is 0 Å². The number of rotatable bonds is 8. The van der Waals surface area contributed by atoms with Gasteiger partial charge in [-0.25, -0.2) is 0 Å². The van der Waals surface area contributed by atoms with Crippen LogP contribution in [0.2, 0.25) is 0 Å². The second kappa shape index (κ2) is 6.92. The molecule has 0 saturated carbocycles. The van der Waals surface area contributed by atoms with Gasteiger partial charge in [-0.05, 0) is 37.8 Å². The molecule has 1 heteroatoms. The average Bonchev–Trinajstić information content (AvgIpc) is 2.90. The van der Waals surface area contributed by atoms with Crippen LogP contribution in [-0.4, -0.2) is 0 Å². The van der Waals surface area contributed by atoms with Gasteiger partial charge in [-0.2, -0.15) is 0 Å². The van der Waals surface area contributed by atoms with Crippen molar-refractivity contribution in [2.24, 2.45) is 0 Å². The fourth-order valence-corrected chi connectivity index (χ4v) is 4.53. The van der Waals surface area contributed by atoms with E-state index in [0.29, 0.717) is 10.8 Å². The molecule has 0 radical (unpaired) electrons. The minimum atomic E-state index is 0.387. The highest BCUT2D eigenvalue weighted by Gasteiger charge is 2.30. The molecule has 1 rings (SSSR count). The van der Waals surface area contributed by atoms with Crippen LogP contribution in [0.3, 0.4) is 0 Å². The summed E-state index contributed by atoms with van der Waals surface area (Å²) in [5, 5.41) is 0. The maximum absolute atomic E-state index is 2.44. The van der Waals surface area contributed by atoms with Crippen LogP contribution in [0.1, 0.15) is 89.8 Å². The number of hydrogen-bond donors (Lipinski definition) is 0. The molecule has 0 spiro atoms. The van der Waals surface area contributed by atoms with Gasteiger partial charge < -0.3 is 0 Å². The summed E-state index contributed by atoms with van der Waals surface area (Å²) in [6.45, 7) is 14.1. The second-order valence-corrected chi connectivity index (χ2v) is 7.58. The largest absolute Gasteiger partial charge is 0.144 e. The molecule has 0 amide bonds. The van der Waals surface area contributed by atoms with Crippen molar-refractivity contribution >= 4 is 11.3 Å². The van der Waals surface area contributed by atoms with Gasteiger partial charge in [0.05, 0.1) is 0 Å². The monoisotopic (exact) mass is 280 g/mol. The van der Waals surface area contributed by atoms with Crippen LogP contribution in [0.15, 0.2) is 12.1 Å². The molecule has 19 heavy (non-hydrogen) atoms. The summed E-state index contributed by atoms with van der Waals surface area (Å²) >= 11 is 2.08. The molecule has 1 aromatic rings. The van der Waals surface area contributed by atoms with Crippen molar-refractivity contribution in [3.63, 3.8) is 0 Å². The third-order valence-electron chi connectivity index (χ3n) is 4.96. The molecule has 0 aromatic carbocycles. The summed E-state index contributed by atoms with van der Waals surface area (Å²) in [7, 11) is 0. The lowest BCUT2D eigenvalue weighted by atomic mass is 9.80. The molecule has 2 atom stereocenters. The summed E-state index contributed by atoms with van der Waals surface area (Å²) in [6, 6.07) is 4.81. The van der Waals surface area contributed by atoms with Gasteiger partial charge in [0, 0.05) is 20.6 Å². The maximum atomic E-state index is 2.44. The minimum absolute atomic E-state index is 0.387. The van der Waals surface area contributed by atoms with Crippen LogP contribution >= 0.6 is 11.3 Å². The van der Waals surface area contributed by atoms with Crippen LogP contribution in [0.25, 0.3) is 0 Å². The van der Waals surface area contributed by atoms with E-state index in [1.54, 1.807) is 9.75 Å². The van der Waals surface area contributed by atoms with Crippen molar-refractivity contribution in [3.05, 3.63) is 21.9 Å². The van der Waals surface area contributed by atoms with Gasteiger partial charge in [-0.15, -0.1) is 11.3 Å². The standard InChI is InChI=1S/C18H32S/c1-7-13-17(5,9-3)15-11-12-16(19-15)18(6,10-4)14-8-2/h11-12H,7-10,13-14H2,1-6H3. The lowest BCUT2D eigenvalue weighted by Gasteiger charge is -2.28. The first kappa shape index (κ1) is 16.8. The van der Waals surface area contributed by atoms with E-state index in [-0.39, 0.29) is 0 Å². The first-order valence-corrected chi connectivity index (χ1v) is 8.88. The molecule has 0 bridgehead atoms. The average molecular weight is 281 g/mol. The van der Waals surface area contributed by atoms with Crippen LogP contribution in [0.5, 0.6) is 0 Å². The molecule has 0 nitrogen and oxygen atoms in total. The zero-order chi connectivity index (χ0) is 14.5. The maximum Gasteiger partial charge on any atom is 0.0107 e. The van der Waals surface area contributed by atoms with Gasteiger partial charge in [0.1, 0.15) is 0 Å². The van der Waals surface area contributed by atoms with Gasteiger partial charge >= 0.3 is 0 Å². The zero-order valence-corrected chi connectivity index (χ0v) is 14.6. The Balaban J connectivity index is 3.04. The Labute approximate surface area is 124 Å². The lowest BCUT2D eigenvalue weighted by Crippen LogP contribution is -2.20. The Morgan fingerprint density at radius 2 is 1.16 bits per heavy atom. The number of hydrogen-bond acceptors (Lipinski definition) is 1. The van der Waals surface area contributed by atoms with Crippen LogP contribution in [0, 0.1) is 0 Å². The summed E-state index contributed by atoms with van der Waals surface area (Å²) in [6.07, 6.45) is 7.66. The van der Waals surface area contributed by atoms with Crippen LogP contribution in [-0.2, 0) is 10.8 Å². The minimum Gasteiger partial charge on any atom is -0.144 e. The van der Waals surface area contributed by atoms with E-state index >= 15 is 0 Å². The molecular formula is C18H32S. The van der Waals surface area contributed by atoms with Crippen molar-refractivity contribution in [1.29, 1.82) is 0 Å². The highest BCUT2D eigenvalue weighted by Crippen LogP contribution is 2.42. The third-order valence-corrected chi connectivity index (χ3v) is 6.66. The molecule has 0 saturated heterocycles. The quantitative estimate of drug-likeness (QED) is 0.498. The predicted octanol–water partition coefficient (Wildman–Crippen LogP) is 6.68. The van der Waals surface area contributed by atoms with Gasteiger partial charge in [0.2, 0.25) is 0 Å². The van der Waals surface area contributed by atoms with Crippen molar-refractivity contribution in [3.8, 4) is 0 Å². The fourth-order valence-electron chi connectivity index (χ4n) is 3.04. The van der Waals surface area contributed by atoms with Crippen molar-refractivity contribution in [1.82, 2.24) is 0 Å². The van der Waals surface area contributed by atoms with E-state index in [1.807, 2.05) is 0 Å². The van der Waals surface area contributed by atoms with Crippen molar-refractivity contribution < 1.29 is 0 Å². The summed E-state index contributed by atoms with van der Waals surface area (Å²) < 4.78 is 0. The fraction of sp³-hybridized carbons (Fsp3) is 0.778. The Bertz CT molecular complexity index is 344. The molecule has 1 heterocycles. The molecule has 1 aromatic heterocycles. The predicted molar refractivity (Wildman–Crippen MR) is 89.4 cm³/mol. The van der Waals surface area contributed by atoms with E-state index in [4.69, 9.17) is 0 Å². The van der Waals surface area contributed by atoms with Gasteiger partial charge in [-0.1, -0.05) is 54.4 Å². The molecule has 2 unspecified atom stereocenters. The zero-order valence-electron chi connectivity index (χ0n) is 13.8. The molecule has 0 fully saturated rings. The molecule has 0 N–H and O–H groups in total. The topological polar surface area (TPSA) is 0 Å². The summed E-state index contributed by atoms with van der Waals surface area (Å²) in [4.78, 5) is 3.20. The molecule has 110 valence electrons. The second-order valence-electron chi connectivity index (χ2n) is 6.49. The van der Waals surface area contributed by atoms with Gasteiger partial charge in [-0.3, -0.25) is 0 Å². The van der Waals surface area contributed by atoms with Crippen molar-refractivity contribution in [2.45, 2.75) is 90.9 Å². The van der Waals surface area contributed by atoms with E-state index in [9.17, 15) is 0 Å². The lowest BCUT2D eigenvalue weighted by molar-refractivity contribution is 0.420. The third kappa shape index (κ3) is 3.62.